The van der Waals surface area contributed by atoms with E-state index in [4.69, 9.17) is 62.3 Å². The number of hydrogen-bond acceptors (Lipinski definition) is 15. The van der Waals surface area contributed by atoms with Crippen molar-refractivity contribution in [3.63, 3.8) is 0 Å². The van der Waals surface area contributed by atoms with Gasteiger partial charge in [0.2, 0.25) is 0 Å². The van der Waals surface area contributed by atoms with Crippen molar-refractivity contribution in [1.82, 2.24) is 0 Å². The van der Waals surface area contributed by atoms with Crippen molar-refractivity contribution in [3.05, 3.63) is 319 Å². The van der Waals surface area contributed by atoms with E-state index in [2.05, 4.69) is 31.2 Å². The smallest absolute Gasteiger partial charge is 0.497 e. The van der Waals surface area contributed by atoms with E-state index in [0.29, 0.717) is 47.2 Å². The molecule has 0 amide bonds. The van der Waals surface area contributed by atoms with Crippen molar-refractivity contribution < 1.29 is 62.3 Å². The van der Waals surface area contributed by atoms with Crippen molar-refractivity contribution in [1.29, 1.82) is 0 Å². The Labute approximate surface area is 562 Å². The molecule has 4 aliphatic heterocycles. The fourth-order valence-electron chi connectivity index (χ4n) is 11.7. The Kier molecular flexibility index (Phi) is 18.4. The molecule has 6 bridgehead atoms. The molecule has 14 rings (SSSR count). The van der Waals surface area contributed by atoms with Crippen LogP contribution in [0.1, 0.15) is 16.7 Å². The predicted molar refractivity (Wildman–Crippen MR) is 387 cm³/mol. The minimum absolute atomic E-state index is 0.0633. The van der Waals surface area contributed by atoms with Crippen molar-refractivity contribution in [2.75, 3.05) is 7.11 Å². The van der Waals surface area contributed by atoms with Crippen LogP contribution in [0.15, 0.2) is 303 Å². The lowest BCUT2D eigenvalue weighted by molar-refractivity contribution is 0.0568. The average Bonchev–Trinajstić information content (AvgIpc) is 0.690. The normalized spacial score (nSPS) is 30.3. The Hall–Kier alpha value is -6.69. The van der Waals surface area contributed by atoms with Crippen molar-refractivity contribution in [2.45, 2.75) is 20.0 Å². The van der Waals surface area contributed by atoms with E-state index in [1.54, 1.807) is 7.11 Å². The summed E-state index contributed by atoms with van der Waals surface area (Å²) in [5, 5.41) is 4.38. The van der Waals surface area contributed by atoms with Crippen LogP contribution in [-0.2, 0) is 57.6 Å². The summed E-state index contributed by atoms with van der Waals surface area (Å²) in [4.78, 5) is 0. The van der Waals surface area contributed by atoms with Crippen LogP contribution in [0.5, 0.6) is 5.75 Å². The highest BCUT2D eigenvalue weighted by Gasteiger charge is 2.79. The summed E-state index contributed by atoms with van der Waals surface area (Å²) in [6, 6.07) is 94.1. The molecule has 0 N–H and O–H groups in total. The van der Waals surface area contributed by atoms with Crippen LogP contribution >= 0.6 is 0 Å². The first-order valence-corrected chi connectivity index (χ1v) is 50.1. The van der Waals surface area contributed by atoms with Gasteiger partial charge in [0.25, 0.3) is 0 Å². The maximum Gasteiger partial charge on any atom is 0.515 e. The number of rotatable bonds is 14. The van der Waals surface area contributed by atoms with E-state index in [0.717, 1.165) is 16.7 Å². The van der Waals surface area contributed by atoms with Crippen LogP contribution in [0.4, 0.5) is 0 Å². The molecular formula is C68H68O15Si11. The van der Waals surface area contributed by atoms with Gasteiger partial charge in [-0.3, -0.25) is 0 Å². The first-order valence-electron chi connectivity index (χ1n) is 30.9. The van der Waals surface area contributed by atoms with Gasteiger partial charge in [-0.2, -0.15) is 0 Å². The summed E-state index contributed by atoms with van der Waals surface area (Å²) in [5.74, 6) is 0.692. The van der Waals surface area contributed by atoms with E-state index in [-0.39, 0.29) is 10.5 Å². The molecule has 15 nitrogen and oxygen atoms in total. The zero-order chi connectivity index (χ0) is 64.4. The van der Waals surface area contributed by atoms with Crippen molar-refractivity contribution in [3.8, 4) is 5.75 Å². The summed E-state index contributed by atoms with van der Waals surface area (Å²) in [6.07, 6.45) is 4.01. The van der Waals surface area contributed by atoms with E-state index in [9.17, 15) is 0 Å². The average molecular weight is 1430 g/mol. The van der Waals surface area contributed by atoms with Crippen LogP contribution in [0, 0.1) is 6.92 Å². The number of benzene rings is 10. The summed E-state index contributed by atoms with van der Waals surface area (Å²) in [7, 11) is -46.6. The predicted octanol–water partition coefficient (Wildman–Crippen LogP) is 6.57. The Bertz CT molecular complexity index is 4270. The van der Waals surface area contributed by atoms with Gasteiger partial charge in [0.05, 0.1) is 7.11 Å². The zero-order valence-electron chi connectivity index (χ0n) is 52.2. The topological polar surface area (TPSA) is 138 Å². The van der Waals surface area contributed by atoms with Crippen LogP contribution in [-0.4, -0.2) is 106 Å². The Balaban J connectivity index is 1.22. The third-order valence-electron chi connectivity index (χ3n) is 16.3. The summed E-state index contributed by atoms with van der Waals surface area (Å²) in [6.45, 7) is 6.02. The van der Waals surface area contributed by atoms with E-state index in [1.807, 2.05) is 304 Å². The summed E-state index contributed by atoms with van der Waals surface area (Å²) in [5.41, 5.74) is 6.81. The number of hydrogen-bond donors (Lipinski definition) is 0. The third-order valence-corrected chi connectivity index (χ3v) is 58.3. The molecule has 0 aliphatic carbocycles. The number of aryl methyl sites for hydroxylation is 1. The Morgan fingerprint density at radius 2 is 0.606 bits per heavy atom. The highest BCUT2D eigenvalue weighted by Crippen LogP contribution is 2.44. The van der Waals surface area contributed by atoms with E-state index in [1.165, 1.54) is 0 Å². The van der Waals surface area contributed by atoms with Crippen LogP contribution in [0.3, 0.4) is 0 Å². The van der Waals surface area contributed by atoms with Crippen LogP contribution in [0.25, 0.3) is 12.2 Å². The maximum absolute atomic E-state index is 8.70. The molecule has 0 spiro atoms. The van der Waals surface area contributed by atoms with Gasteiger partial charge < -0.3 is 62.3 Å². The van der Waals surface area contributed by atoms with Gasteiger partial charge in [-0.15, -0.1) is 0 Å². The monoisotopic (exact) mass is 1430 g/mol. The molecule has 0 aromatic heterocycles. The van der Waals surface area contributed by atoms with Gasteiger partial charge >= 0.3 is 88.0 Å². The number of fused-ring (bicyclic) bond motifs is 6. The van der Waals surface area contributed by atoms with Gasteiger partial charge in [-0.25, -0.2) is 0 Å². The lowest BCUT2D eigenvalue weighted by atomic mass is 10.2. The maximum atomic E-state index is 8.70. The van der Waals surface area contributed by atoms with Gasteiger partial charge in [-0.05, 0) is 59.9 Å². The highest BCUT2D eigenvalue weighted by atomic mass is 28.6. The molecule has 0 radical (unpaired) electrons. The molecule has 94 heavy (non-hydrogen) atoms. The molecule has 474 valence electrons. The summed E-state index contributed by atoms with van der Waals surface area (Å²) >= 11 is 0. The van der Waals surface area contributed by atoms with Gasteiger partial charge in [0.1, 0.15) is 16.2 Å². The molecule has 26 heteroatoms. The molecule has 8 unspecified atom stereocenters. The molecular weight excluding hydrogens is 1370 g/mol. The third kappa shape index (κ3) is 13.0. The fourth-order valence-corrected chi connectivity index (χ4v) is 65.4. The lowest BCUT2D eigenvalue weighted by Crippen LogP contribution is -2.89. The lowest BCUT2D eigenvalue weighted by Gasteiger charge is -2.57. The first kappa shape index (κ1) is 64.6. The molecule has 4 fully saturated rings. The standard InChI is InChI=1S/C68H68O15Si11/c1-57-45-47-58(48-46-57)53-56-87(4)74-89(63-33-17-7-18-34-63)71-85(61-29-13-5-14-30-61)72-90(64-35-19-8-20-36-64)79-91(65-37-21-9-22-38-65)75-86(3,55-54-59-49-51-60(69-2)52-50-59)73-88(70-84,62-31-15-6-16-32-62)77-93(78-89,67-41-25-11-26-42-67)83-94(81-91,68-43-27-12-28-44-68)82-92(76-87,80-90)66-39-23-10-24-40-66/h5-56,85H,1-4,84H3/b55-54+,56-53+/t85?,86?,87?,88?,89?,90?,91?,92?,93-,94+/m1/s1. The number of methoxy groups -OCH3 is 1. The quantitative estimate of drug-likeness (QED) is 0.109. The first-order chi connectivity index (χ1) is 45.7. The molecule has 4 saturated heterocycles. The minimum Gasteiger partial charge on any atom is -0.497 e. The second kappa shape index (κ2) is 26.7. The van der Waals surface area contributed by atoms with Gasteiger partial charge in [0, 0.05) is 36.3 Å². The van der Waals surface area contributed by atoms with Gasteiger partial charge in [-0.1, -0.05) is 297 Å². The molecule has 10 aromatic rings. The molecule has 10 atom stereocenters. The molecule has 4 heterocycles. The van der Waals surface area contributed by atoms with E-state index >= 15 is 0 Å². The van der Waals surface area contributed by atoms with E-state index < -0.39 is 88.0 Å². The molecule has 0 saturated carbocycles. The second-order valence-electron chi connectivity index (χ2n) is 23.1. The SMILES string of the molecule is COc1ccc(/C=C/[Si]2(C)O[Si](O[SiH3])(c3ccccc3)O[Si@]3(c4ccccc4)O[Si]4(c5ccccc5)O[SiH](c5ccccc5)O[Si]5(c6ccccc6)O[Si](c6ccccc6)(O2)O[Si@@](c2ccccc2)(O[Si](c2ccccc2)(O[Si](C)(/C=C/c2ccc(C)cc2)O4)O5)O3)cc1. The van der Waals surface area contributed by atoms with Crippen LogP contribution in [0.2, 0.25) is 13.1 Å². The zero-order valence-corrected chi connectivity index (χ0v) is 64.4. The van der Waals surface area contributed by atoms with Crippen molar-refractivity contribution >= 4 is 152 Å². The fraction of sp³-hybridized carbons (Fsp3) is 0.0588. The molecule has 10 aromatic carbocycles. The van der Waals surface area contributed by atoms with Crippen molar-refractivity contribution in [2.24, 2.45) is 0 Å². The largest absolute Gasteiger partial charge is 0.515 e. The Morgan fingerprint density at radius 3 is 0.979 bits per heavy atom. The Morgan fingerprint density at radius 1 is 0.319 bits per heavy atom. The highest BCUT2D eigenvalue weighted by molar-refractivity contribution is 7.10. The van der Waals surface area contributed by atoms with Gasteiger partial charge in [0.15, 0.2) is 0 Å². The minimum atomic E-state index is -5.32. The van der Waals surface area contributed by atoms with Crippen LogP contribution < -0.4 is 46.2 Å². The number of ether oxygens (including phenoxy) is 1. The molecule has 4 aliphatic rings. The second-order valence-corrected chi connectivity index (χ2v) is 53.5. The summed E-state index contributed by atoms with van der Waals surface area (Å²) < 4.78 is 124.